The van der Waals surface area contributed by atoms with Gasteiger partial charge in [0.2, 0.25) is 0 Å². The van der Waals surface area contributed by atoms with Crippen LogP contribution in [0.25, 0.3) is 0 Å². The van der Waals surface area contributed by atoms with Crippen molar-refractivity contribution in [2.45, 2.75) is 46.6 Å². The first kappa shape index (κ1) is 9.79. The third-order valence-corrected chi connectivity index (χ3v) is 3.01. The molecule has 0 aromatic rings. The molecule has 12 heavy (non-hydrogen) atoms. The zero-order chi connectivity index (χ0) is 9.35. The summed E-state index contributed by atoms with van der Waals surface area (Å²) in [6, 6.07) is 0. The normalized spacial score (nSPS) is 31.1. The summed E-state index contributed by atoms with van der Waals surface area (Å²) < 4.78 is 0. The van der Waals surface area contributed by atoms with Gasteiger partial charge in [0.15, 0.2) is 0 Å². The van der Waals surface area contributed by atoms with Gasteiger partial charge in [-0.1, -0.05) is 25.5 Å². The molecule has 0 saturated heterocycles. The largest absolute Gasteiger partial charge is 0.393 e. The van der Waals surface area contributed by atoms with Crippen molar-refractivity contribution >= 4 is 0 Å². The molecule has 0 aromatic heterocycles. The lowest BCUT2D eigenvalue weighted by atomic mass is 9.69. The van der Waals surface area contributed by atoms with Gasteiger partial charge in [-0.25, -0.2) is 0 Å². The molecule has 0 spiro atoms. The first-order chi connectivity index (χ1) is 5.43. The van der Waals surface area contributed by atoms with Gasteiger partial charge in [-0.3, -0.25) is 0 Å². The molecule has 1 aliphatic carbocycles. The molecular formula is C11H20O. The highest BCUT2D eigenvalue weighted by atomic mass is 16.3. The number of rotatable bonds is 1. The van der Waals surface area contributed by atoms with Crippen molar-refractivity contribution in [3.8, 4) is 0 Å². The fourth-order valence-corrected chi connectivity index (χ4v) is 2.43. The van der Waals surface area contributed by atoms with Crippen molar-refractivity contribution in [2.75, 3.05) is 0 Å². The molecule has 1 heteroatoms. The number of hydrogen-bond acceptors (Lipinski definition) is 1. The number of aliphatic hydroxyl groups is 1. The van der Waals surface area contributed by atoms with Crippen LogP contribution < -0.4 is 0 Å². The van der Waals surface area contributed by atoms with Crippen LogP contribution in [-0.2, 0) is 0 Å². The minimum absolute atomic E-state index is 0.177. The highest BCUT2D eigenvalue weighted by Crippen LogP contribution is 2.40. The molecule has 0 aliphatic heterocycles. The van der Waals surface area contributed by atoms with Crippen LogP contribution in [0.1, 0.15) is 40.5 Å². The average Bonchev–Trinajstić information content (AvgIpc) is 1.82. The van der Waals surface area contributed by atoms with Crippen LogP contribution in [0.3, 0.4) is 0 Å². The topological polar surface area (TPSA) is 20.2 Å². The maximum Gasteiger partial charge on any atom is 0.0548 e. The van der Waals surface area contributed by atoms with Crippen LogP contribution in [0.2, 0.25) is 0 Å². The van der Waals surface area contributed by atoms with Gasteiger partial charge in [0.1, 0.15) is 0 Å². The quantitative estimate of drug-likeness (QED) is 0.597. The van der Waals surface area contributed by atoms with Crippen LogP contribution in [0.4, 0.5) is 0 Å². The van der Waals surface area contributed by atoms with E-state index in [1.807, 2.05) is 6.92 Å². The molecule has 0 bridgehead atoms. The minimum atomic E-state index is -0.177. The SMILES string of the molecule is CC1=CC(C)(C)C(C(C)O)CC1. The van der Waals surface area contributed by atoms with Crippen molar-refractivity contribution in [2.24, 2.45) is 11.3 Å². The number of hydrogen-bond donors (Lipinski definition) is 1. The Morgan fingerprint density at radius 2 is 2.17 bits per heavy atom. The van der Waals surface area contributed by atoms with Gasteiger partial charge >= 0.3 is 0 Å². The van der Waals surface area contributed by atoms with E-state index in [0.29, 0.717) is 5.92 Å². The highest BCUT2D eigenvalue weighted by molar-refractivity contribution is 5.12. The van der Waals surface area contributed by atoms with Crippen LogP contribution in [0.5, 0.6) is 0 Å². The second-order valence-corrected chi connectivity index (χ2v) is 4.70. The van der Waals surface area contributed by atoms with Crippen molar-refractivity contribution in [3.63, 3.8) is 0 Å². The Morgan fingerprint density at radius 3 is 2.58 bits per heavy atom. The summed E-state index contributed by atoms with van der Waals surface area (Å²) in [5.41, 5.74) is 1.65. The van der Waals surface area contributed by atoms with Crippen molar-refractivity contribution in [1.82, 2.24) is 0 Å². The monoisotopic (exact) mass is 168 g/mol. The van der Waals surface area contributed by atoms with Crippen LogP contribution in [0, 0.1) is 11.3 Å². The second kappa shape index (κ2) is 3.21. The zero-order valence-electron chi connectivity index (χ0n) is 8.59. The molecule has 70 valence electrons. The molecule has 1 aliphatic rings. The van der Waals surface area contributed by atoms with E-state index in [1.165, 1.54) is 5.57 Å². The van der Waals surface area contributed by atoms with Crippen LogP contribution in [-0.4, -0.2) is 11.2 Å². The van der Waals surface area contributed by atoms with Gasteiger partial charge in [0.05, 0.1) is 6.10 Å². The van der Waals surface area contributed by atoms with Crippen molar-refractivity contribution in [3.05, 3.63) is 11.6 Å². The summed E-state index contributed by atoms with van der Waals surface area (Å²) in [7, 11) is 0. The molecule has 0 amide bonds. The van der Waals surface area contributed by atoms with Crippen molar-refractivity contribution < 1.29 is 5.11 Å². The molecular weight excluding hydrogens is 148 g/mol. The number of allylic oxidation sites excluding steroid dienone is 2. The molecule has 1 rings (SSSR count). The van der Waals surface area contributed by atoms with Gasteiger partial charge in [0, 0.05) is 0 Å². The predicted octanol–water partition coefficient (Wildman–Crippen LogP) is 2.75. The van der Waals surface area contributed by atoms with E-state index in [4.69, 9.17) is 0 Å². The lowest BCUT2D eigenvalue weighted by molar-refractivity contribution is 0.0586. The highest BCUT2D eigenvalue weighted by Gasteiger charge is 2.33. The lowest BCUT2D eigenvalue weighted by Gasteiger charge is -2.38. The van der Waals surface area contributed by atoms with Gasteiger partial charge in [0.25, 0.3) is 0 Å². The van der Waals surface area contributed by atoms with E-state index in [-0.39, 0.29) is 11.5 Å². The van der Waals surface area contributed by atoms with E-state index in [9.17, 15) is 5.11 Å². The average molecular weight is 168 g/mol. The second-order valence-electron chi connectivity index (χ2n) is 4.70. The summed E-state index contributed by atoms with van der Waals surface area (Å²) in [6.45, 7) is 8.51. The molecule has 2 unspecified atom stereocenters. The third-order valence-electron chi connectivity index (χ3n) is 3.01. The Balaban J connectivity index is 2.81. The maximum absolute atomic E-state index is 9.57. The first-order valence-electron chi connectivity index (χ1n) is 4.80. The summed E-state index contributed by atoms with van der Waals surface area (Å²) >= 11 is 0. The molecule has 1 N–H and O–H groups in total. The Bertz CT molecular complexity index is 189. The predicted molar refractivity (Wildman–Crippen MR) is 51.9 cm³/mol. The fourth-order valence-electron chi connectivity index (χ4n) is 2.43. The number of aliphatic hydroxyl groups excluding tert-OH is 1. The molecule has 2 atom stereocenters. The van der Waals surface area contributed by atoms with Gasteiger partial charge in [-0.05, 0) is 38.0 Å². The van der Waals surface area contributed by atoms with Crippen LogP contribution >= 0.6 is 0 Å². The Morgan fingerprint density at radius 1 is 1.58 bits per heavy atom. The van der Waals surface area contributed by atoms with Gasteiger partial charge in [-0.2, -0.15) is 0 Å². The smallest absolute Gasteiger partial charge is 0.0548 e. The van der Waals surface area contributed by atoms with E-state index >= 15 is 0 Å². The summed E-state index contributed by atoms with van der Waals surface area (Å²) in [5, 5.41) is 9.57. The van der Waals surface area contributed by atoms with Crippen molar-refractivity contribution in [1.29, 1.82) is 0 Å². The summed E-state index contributed by atoms with van der Waals surface area (Å²) in [4.78, 5) is 0. The van der Waals surface area contributed by atoms with E-state index in [1.54, 1.807) is 0 Å². The minimum Gasteiger partial charge on any atom is -0.393 e. The molecule has 0 saturated carbocycles. The van der Waals surface area contributed by atoms with E-state index in [2.05, 4.69) is 26.8 Å². The third kappa shape index (κ3) is 1.89. The first-order valence-corrected chi connectivity index (χ1v) is 4.80. The fraction of sp³-hybridized carbons (Fsp3) is 0.818. The molecule has 0 fully saturated rings. The summed E-state index contributed by atoms with van der Waals surface area (Å²) in [5.74, 6) is 0.432. The van der Waals surface area contributed by atoms with Crippen LogP contribution in [0.15, 0.2) is 11.6 Å². The maximum atomic E-state index is 9.57. The summed E-state index contributed by atoms with van der Waals surface area (Å²) in [6.07, 6.45) is 4.42. The van der Waals surface area contributed by atoms with Gasteiger partial charge in [-0.15, -0.1) is 0 Å². The molecule has 1 nitrogen and oxygen atoms in total. The Kier molecular flexibility index (Phi) is 2.62. The standard InChI is InChI=1S/C11H20O/c1-8-5-6-10(9(2)12)11(3,4)7-8/h7,9-10,12H,5-6H2,1-4H3. The Labute approximate surface area is 75.5 Å². The Hall–Kier alpha value is -0.300. The zero-order valence-corrected chi connectivity index (χ0v) is 8.59. The molecule has 0 heterocycles. The molecule has 0 radical (unpaired) electrons. The molecule has 0 aromatic carbocycles. The van der Waals surface area contributed by atoms with E-state index < -0.39 is 0 Å². The van der Waals surface area contributed by atoms with E-state index in [0.717, 1.165) is 12.8 Å². The lowest BCUT2D eigenvalue weighted by Crippen LogP contribution is -2.33. The van der Waals surface area contributed by atoms with Gasteiger partial charge < -0.3 is 5.11 Å².